The molecule has 0 radical (unpaired) electrons. The van der Waals surface area contributed by atoms with Gasteiger partial charge in [0.05, 0.1) is 30.3 Å². The number of hydrogen-bond acceptors (Lipinski definition) is 6. The molecule has 12 heteroatoms. The van der Waals surface area contributed by atoms with Gasteiger partial charge in [-0.05, 0) is 74.7 Å². The van der Waals surface area contributed by atoms with Crippen molar-refractivity contribution in [2.45, 2.75) is 116 Å². The van der Waals surface area contributed by atoms with Gasteiger partial charge in [0.15, 0.2) is 0 Å². The Morgan fingerprint density at radius 3 is 1.89 bits per heavy atom. The molecule has 0 aliphatic heterocycles. The molecule has 1 atom stereocenters. The van der Waals surface area contributed by atoms with Gasteiger partial charge in [-0.25, -0.2) is 0 Å². The second-order valence-corrected chi connectivity index (χ2v) is 10.9. The SMILES string of the molecule is CC(C)OC(F)(C(=O)NCCC(C)(C)OCCC(C)(C)NC(=O)CCOC(C)(C)CCO)C(F)(F)F. The molecular weight excluding hydrogens is 488 g/mol. The van der Waals surface area contributed by atoms with Gasteiger partial charge in [-0.15, -0.1) is 0 Å². The van der Waals surface area contributed by atoms with Crippen LogP contribution >= 0.6 is 0 Å². The number of carbonyl (C=O) groups is 2. The second-order valence-electron chi connectivity index (χ2n) is 10.9. The zero-order chi connectivity index (χ0) is 28.4. The summed E-state index contributed by atoms with van der Waals surface area (Å²) in [5, 5.41) is 13.9. The minimum absolute atomic E-state index is 0.00825. The molecule has 36 heavy (non-hydrogen) atoms. The molecule has 0 aromatic carbocycles. The second kappa shape index (κ2) is 13.9. The van der Waals surface area contributed by atoms with Crippen molar-refractivity contribution < 1.29 is 46.5 Å². The topological polar surface area (TPSA) is 106 Å². The first-order chi connectivity index (χ1) is 16.2. The molecule has 0 aliphatic carbocycles. The highest BCUT2D eigenvalue weighted by atomic mass is 19.4. The maximum atomic E-state index is 14.3. The molecule has 0 bridgehead atoms. The number of amides is 2. The van der Waals surface area contributed by atoms with Crippen molar-refractivity contribution in [1.29, 1.82) is 0 Å². The Hall–Kier alpha value is -1.50. The third kappa shape index (κ3) is 13.2. The number of nitrogens with one attached hydrogen (secondary N) is 2. The summed E-state index contributed by atoms with van der Waals surface area (Å²) in [6.45, 7) is 13.2. The van der Waals surface area contributed by atoms with Crippen molar-refractivity contribution in [3.05, 3.63) is 0 Å². The predicted octanol–water partition coefficient (Wildman–Crippen LogP) is 3.79. The van der Waals surface area contributed by atoms with Gasteiger partial charge in [-0.3, -0.25) is 9.59 Å². The normalized spacial score (nSPS) is 15.1. The molecule has 0 heterocycles. The van der Waals surface area contributed by atoms with Gasteiger partial charge in [0.1, 0.15) is 0 Å². The van der Waals surface area contributed by atoms with Crippen LogP contribution < -0.4 is 10.6 Å². The van der Waals surface area contributed by atoms with Crippen LogP contribution in [0.1, 0.15) is 81.1 Å². The molecular formula is C24H44F4N2O6. The van der Waals surface area contributed by atoms with E-state index in [1.54, 1.807) is 13.8 Å². The average Bonchev–Trinajstić information content (AvgIpc) is 2.65. The number of alkyl halides is 4. The summed E-state index contributed by atoms with van der Waals surface area (Å²) < 4.78 is 69.2. The third-order valence-electron chi connectivity index (χ3n) is 5.30. The van der Waals surface area contributed by atoms with Crippen molar-refractivity contribution in [3.63, 3.8) is 0 Å². The summed E-state index contributed by atoms with van der Waals surface area (Å²) in [6.07, 6.45) is -5.52. The van der Waals surface area contributed by atoms with E-state index < -0.39 is 40.8 Å². The standard InChI is InChI=1S/C24H44F4N2O6/c1-17(2)36-23(25,24(26,27)28)19(33)29-13-10-21(5,6)35-16-12-20(3,4)30-18(32)9-15-34-22(7,8)11-14-31/h17,31H,9-16H2,1-8H3,(H,29,33)(H,30,32). The highest BCUT2D eigenvalue weighted by Gasteiger charge is 2.64. The van der Waals surface area contributed by atoms with Gasteiger partial charge in [0, 0.05) is 25.3 Å². The maximum absolute atomic E-state index is 14.3. The van der Waals surface area contributed by atoms with E-state index >= 15 is 0 Å². The van der Waals surface area contributed by atoms with E-state index in [4.69, 9.17) is 14.6 Å². The first-order valence-electron chi connectivity index (χ1n) is 12.1. The average molecular weight is 533 g/mol. The van der Waals surface area contributed by atoms with Crippen LogP contribution in [0.25, 0.3) is 0 Å². The van der Waals surface area contributed by atoms with Crippen LogP contribution in [0, 0.1) is 0 Å². The van der Waals surface area contributed by atoms with Crippen LogP contribution in [0.2, 0.25) is 0 Å². The lowest BCUT2D eigenvalue weighted by molar-refractivity contribution is -0.323. The zero-order valence-corrected chi connectivity index (χ0v) is 22.7. The molecule has 3 N–H and O–H groups in total. The van der Waals surface area contributed by atoms with Gasteiger partial charge < -0.3 is 30.0 Å². The van der Waals surface area contributed by atoms with Gasteiger partial charge in [0.25, 0.3) is 5.91 Å². The first-order valence-corrected chi connectivity index (χ1v) is 12.1. The third-order valence-corrected chi connectivity index (χ3v) is 5.30. The van der Waals surface area contributed by atoms with Crippen LogP contribution in [0.5, 0.6) is 0 Å². The van der Waals surface area contributed by atoms with Gasteiger partial charge in [-0.2, -0.15) is 17.6 Å². The molecule has 0 rings (SSSR count). The monoisotopic (exact) mass is 532 g/mol. The number of halogens is 4. The fraction of sp³-hybridized carbons (Fsp3) is 0.917. The molecule has 0 fully saturated rings. The molecule has 0 aromatic heterocycles. The van der Waals surface area contributed by atoms with Crippen LogP contribution in [0.4, 0.5) is 17.6 Å². The largest absolute Gasteiger partial charge is 0.458 e. The molecule has 214 valence electrons. The quantitative estimate of drug-likeness (QED) is 0.246. The summed E-state index contributed by atoms with van der Waals surface area (Å²) in [4.78, 5) is 24.2. The van der Waals surface area contributed by atoms with E-state index in [1.807, 2.05) is 33.0 Å². The van der Waals surface area contributed by atoms with E-state index in [-0.39, 0.29) is 45.1 Å². The Balaban J connectivity index is 4.55. The van der Waals surface area contributed by atoms with Crippen molar-refractivity contribution >= 4 is 11.8 Å². The van der Waals surface area contributed by atoms with Crippen molar-refractivity contribution in [2.24, 2.45) is 0 Å². The highest BCUT2D eigenvalue weighted by molar-refractivity contribution is 5.84. The minimum atomic E-state index is -5.52. The van der Waals surface area contributed by atoms with Crippen LogP contribution in [-0.4, -0.2) is 78.2 Å². The van der Waals surface area contributed by atoms with Crippen molar-refractivity contribution in [3.8, 4) is 0 Å². The zero-order valence-electron chi connectivity index (χ0n) is 22.7. The number of aliphatic hydroxyl groups excluding tert-OH is 1. The number of carbonyl (C=O) groups excluding carboxylic acids is 2. The van der Waals surface area contributed by atoms with E-state index in [9.17, 15) is 27.2 Å². The Labute approximate surface area is 211 Å². The predicted molar refractivity (Wildman–Crippen MR) is 127 cm³/mol. The van der Waals surface area contributed by atoms with E-state index in [0.717, 1.165) is 0 Å². The molecule has 2 amide bonds. The Kier molecular flexibility index (Phi) is 13.3. The molecule has 1 unspecified atom stereocenters. The van der Waals surface area contributed by atoms with Crippen LogP contribution in [0.3, 0.4) is 0 Å². The molecule has 0 spiro atoms. The van der Waals surface area contributed by atoms with Crippen molar-refractivity contribution in [2.75, 3.05) is 26.4 Å². The Morgan fingerprint density at radius 1 is 0.861 bits per heavy atom. The summed E-state index contributed by atoms with van der Waals surface area (Å²) in [5.74, 6) is -6.55. The van der Waals surface area contributed by atoms with Crippen LogP contribution in [0.15, 0.2) is 0 Å². The number of rotatable bonds is 17. The minimum Gasteiger partial charge on any atom is -0.396 e. The molecule has 0 saturated heterocycles. The fourth-order valence-corrected chi connectivity index (χ4v) is 3.08. The lowest BCUT2D eigenvalue weighted by atomic mass is 10.00. The van der Waals surface area contributed by atoms with Crippen LogP contribution in [-0.2, 0) is 23.8 Å². The Morgan fingerprint density at radius 2 is 1.39 bits per heavy atom. The first kappa shape index (κ1) is 34.5. The smallest absolute Gasteiger partial charge is 0.396 e. The fourth-order valence-electron chi connectivity index (χ4n) is 3.08. The molecule has 0 aromatic rings. The van der Waals surface area contributed by atoms with Gasteiger partial charge in [0.2, 0.25) is 5.91 Å². The van der Waals surface area contributed by atoms with E-state index in [2.05, 4.69) is 10.1 Å². The van der Waals surface area contributed by atoms with Gasteiger partial charge >= 0.3 is 12.0 Å². The lowest BCUT2D eigenvalue weighted by Crippen LogP contribution is -2.57. The summed E-state index contributed by atoms with van der Waals surface area (Å²) in [6, 6.07) is 0. The van der Waals surface area contributed by atoms with E-state index in [1.165, 1.54) is 13.8 Å². The van der Waals surface area contributed by atoms with Gasteiger partial charge in [-0.1, -0.05) is 0 Å². The number of hydrogen-bond donors (Lipinski definition) is 3. The van der Waals surface area contributed by atoms with E-state index in [0.29, 0.717) is 12.8 Å². The summed E-state index contributed by atoms with van der Waals surface area (Å²) in [5.41, 5.74) is -1.96. The molecule has 8 nitrogen and oxygen atoms in total. The number of aliphatic hydroxyl groups is 1. The summed E-state index contributed by atoms with van der Waals surface area (Å²) >= 11 is 0. The highest BCUT2D eigenvalue weighted by Crippen LogP contribution is 2.36. The number of ether oxygens (including phenoxy) is 3. The lowest BCUT2D eigenvalue weighted by Gasteiger charge is -2.31. The Bertz CT molecular complexity index is 699. The summed E-state index contributed by atoms with van der Waals surface area (Å²) in [7, 11) is 0. The van der Waals surface area contributed by atoms with Crippen molar-refractivity contribution in [1.82, 2.24) is 10.6 Å². The molecule has 0 aliphatic rings. The maximum Gasteiger partial charge on any atom is 0.458 e. The molecule has 0 saturated carbocycles.